The second kappa shape index (κ2) is 5.24. The molecule has 0 N–H and O–H groups in total. The molecule has 1 unspecified atom stereocenters. The lowest BCUT2D eigenvalue weighted by Gasteiger charge is -2.33. The first-order chi connectivity index (χ1) is 7.96. The molecule has 1 aromatic carbocycles. The van der Waals surface area contributed by atoms with Crippen LogP contribution in [0, 0.1) is 3.57 Å². The largest absolute Gasteiger partial charge is 0.294 e. The Balaban J connectivity index is 2.03. The summed E-state index contributed by atoms with van der Waals surface area (Å²) < 4.78 is 24.2. The van der Waals surface area contributed by atoms with Gasteiger partial charge in [0, 0.05) is 22.7 Å². The fraction of sp³-hybridized carbons (Fsp3) is 0.500. The highest BCUT2D eigenvalue weighted by Crippen LogP contribution is 2.16. The predicted octanol–water partition coefficient (Wildman–Crippen LogP) is 1.91. The Morgan fingerprint density at radius 1 is 1.35 bits per heavy atom. The third-order valence-corrected chi connectivity index (χ3v) is 5.62. The molecule has 0 spiro atoms. The molecule has 17 heavy (non-hydrogen) atoms. The summed E-state index contributed by atoms with van der Waals surface area (Å²) in [6, 6.07) is 8.51. The molecular formula is C12H16INO2S. The van der Waals surface area contributed by atoms with E-state index < -0.39 is 9.84 Å². The lowest BCUT2D eigenvalue weighted by Crippen LogP contribution is -2.46. The SMILES string of the molecule is CC1CS(=O)(=O)CCN1Cc1ccc(I)cc1. The molecule has 2 rings (SSSR count). The lowest BCUT2D eigenvalue weighted by molar-refractivity contribution is 0.218. The number of nitrogens with zero attached hydrogens (tertiary/aromatic N) is 1. The molecule has 3 nitrogen and oxygen atoms in total. The molecule has 5 heteroatoms. The van der Waals surface area contributed by atoms with E-state index in [1.165, 1.54) is 9.13 Å². The van der Waals surface area contributed by atoms with Crippen molar-refractivity contribution in [2.24, 2.45) is 0 Å². The number of rotatable bonds is 2. The van der Waals surface area contributed by atoms with Crippen LogP contribution in [0.4, 0.5) is 0 Å². The van der Waals surface area contributed by atoms with Crippen molar-refractivity contribution in [1.29, 1.82) is 0 Å². The molecular weight excluding hydrogens is 349 g/mol. The van der Waals surface area contributed by atoms with Crippen molar-refractivity contribution >= 4 is 32.4 Å². The van der Waals surface area contributed by atoms with Crippen molar-refractivity contribution in [2.75, 3.05) is 18.1 Å². The van der Waals surface area contributed by atoms with Gasteiger partial charge in [0.25, 0.3) is 0 Å². The van der Waals surface area contributed by atoms with E-state index >= 15 is 0 Å². The van der Waals surface area contributed by atoms with Crippen molar-refractivity contribution in [2.45, 2.75) is 19.5 Å². The highest BCUT2D eigenvalue weighted by Gasteiger charge is 2.27. The van der Waals surface area contributed by atoms with Crippen molar-refractivity contribution < 1.29 is 8.42 Å². The Labute approximate surface area is 116 Å². The van der Waals surface area contributed by atoms with E-state index in [9.17, 15) is 8.42 Å². The average molecular weight is 365 g/mol. The van der Waals surface area contributed by atoms with Crippen LogP contribution in [-0.2, 0) is 16.4 Å². The molecule has 0 bridgehead atoms. The molecule has 1 heterocycles. The molecule has 1 aliphatic heterocycles. The van der Waals surface area contributed by atoms with E-state index in [4.69, 9.17) is 0 Å². The monoisotopic (exact) mass is 365 g/mol. The fourth-order valence-corrected chi connectivity index (χ4v) is 4.08. The minimum absolute atomic E-state index is 0.119. The summed E-state index contributed by atoms with van der Waals surface area (Å²) in [5, 5.41) is 0. The Hall–Kier alpha value is -0.140. The van der Waals surface area contributed by atoms with Gasteiger partial charge in [-0.05, 0) is 47.2 Å². The topological polar surface area (TPSA) is 37.4 Å². The molecule has 0 saturated carbocycles. The van der Waals surface area contributed by atoms with Gasteiger partial charge in [-0.1, -0.05) is 12.1 Å². The van der Waals surface area contributed by atoms with Crippen molar-refractivity contribution in [3.05, 3.63) is 33.4 Å². The van der Waals surface area contributed by atoms with Gasteiger partial charge in [-0.2, -0.15) is 0 Å². The highest BCUT2D eigenvalue weighted by atomic mass is 127. The minimum Gasteiger partial charge on any atom is -0.294 e. The fourth-order valence-electron chi connectivity index (χ4n) is 2.09. The van der Waals surface area contributed by atoms with Crippen molar-refractivity contribution in [3.8, 4) is 0 Å². The van der Waals surface area contributed by atoms with Crippen LogP contribution in [0.25, 0.3) is 0 Å². The molecule has 1 atom stereocenters. The summed E-state index contributed by atoms with van der Waals surface area (Å²) in [4.78, 5) is 2.24. The van der Waals surface area contributed by atoms with E-state index in [0.717, 1.165) is 6.54 Å². The lowest BCUT2D eigenvalue weighted by atomic mass is 10.2. The van der Waals surface area contributed by atoms with Gasteiger partial charge in [-0.15, -0.1) is 0 Å². The van der Waals surface area contributed by atoms with Crippen LogP contribution in [0.5, 0.6) is 0 Å². The molecule has 0 aliphatic carbocycles. The predicted molar refractivity (Wildman–Crippen MR) is 77.7 cm³/mol. The molecule has 1 aliphatic rings. The standard InChI is InChI=1S/C12H16INO2S/c1-10-9-17(15,16)7-6-14(10)8-11-2-4-12(13)5-3-11/h2-5,10H,6-9H2,1H3. The van der Waals surface area contributed by atoms with E-state index in [-0.39, 0.29) is 11.8 Å². The quantitative estimate of drug-likeness (QED) is 0.752. The average Bonchev–Trinajstić information content (AvgIpc) is 2.24. The first-order valence-electron chi connectivity index (χ1n) is 5.65. The van der Waals surface area contributed by atoms with Crippen LogP contribution in [0.15, 0.2) is 24.3 Å². The number of sulfone groups is 1. The zero-order valence-corrected chi connectivity index (χ0v) is 12.7. The van der Waals surface area contributed by atoms with Gasteiger partial charge in [0.05, 0.1) is 11.5 Å². The summed E-state index contributed by atoms with van der Waals surface area (Å²) in [5.74, 6) is 0.582. The normalized spacial score (nSPS) is 24.7. The van der Waals surface area contributed by atoms with Crippen LogP contribution in [0.3, 0.4) is 0 Å². The second-order valence-electron chi connectivity index (χ2n) is 4.56. The zero-order valence-electron chi connectivity index (χ0n) is 9.77. The number of hydrogen-bond acceptors (Lipinski definition) is 3. The highest BCUT2D eigenvalue weighted by molar-refractivity contribution is 14.1. The molecule has 0 aromatic heterocycles. The van der Waals surface area contributed by atoms with Gasteiger partial charge in [-0.3, -0.25) is 4.90 Å². The first kappa shape index (κ1) is 13.3. The van der Waals surface area contributed by atoms with Crippen LogP contribution < -0.4 is 0 Å². The summed E-state index contributed by atoms with van der Waals surface area (Å²) in [6.45, 7) is 3.48. The van der Waals surface area contributed by atoms with Crippen LogP contribution in [0.2, 0.25) is 0 Å². The smallest absolute Gasteiger partial charge is 0.153 e. The number of halogens is 1. The maximum absolute atomic E-state index is 11.5. The maximum atomic E-state index is 11.5. The molecule has 1 saturated heterocycles. The van der Waals surface area contributed by atoms with E-state index in [1.807, 2.05) is 6.92 Å². The van der Waals surface area contributed by atoms with Crippen molar-refractivity contribution in [3.63, 3.8) is 0 Å². The van der Waals surface area contributed by atoms with Crippen molar-refractivity contribution in [1.82, 2.24) is 4.90 Å². The summed E-state index contributed by atoms with van der Waals surface area (Å²) in [5.41, 5.74) is 1.25. The number of hydrogen-bond donors (Lipinski definition) is 0. The molecule has 1 fully saturated rings. The molecule has 94 valence electrons. The summed E-state index contributed by atoms with van der Waals surface area (Å²) in [7, 11) is -2.81. The molecule has 1 aromatic rings. The summed E-state index contributed by atoms with van der Waals surface area (Å²) >= 11 is 2.28. The minimum atomic E-state index is -2.81. The van der Waals surface area contributed by atoms with E-state index in [1.54, 1.807) is 0 Å². The third kappa shape index (κ3) is 3.66. The van der Waals surface area contributed by atoms with Crippen LogP contribution in [0.1, 0.15) is 12.5 Å². The maximum Gasteiger partial charge on any atom is 0.153 e. The van der Waals surface area contributed by atoms with E-state index in [2.05, 4.69) is 51.8 Å². The Kier molecular flexibility index (Phi) is 4.10. The second-order valence-corrected chi connectivity index (χ2v) is 8.03. The van der Waals surface area contributed by atoms with Crippen LogP contribution in [-0.4, -0.2) is 37.4 Å². The molecule has 0 amide bonds. The van der Waals surface area contributed by atoms with Crippen LogP contribution >= 0.6 is 22.6 Å². The van der Waals surface area contributed by atoms with Gasteiger partial charge < -0.3 is 0 Å². The summed E-state index contributed by atoms with van der Waals surface area (Å²) in [6.07, 6.45) is 0. The zero-order chi connectivity index (χ0) is 12.5. The third-order valence-electron chi connectivity index (χ3n) is 3.11. The molecule has 0 radical (unpaired) electrons. The van der Waals surface area contributed by atoms with Gasteiger partial charge in [0.15, 0.2) is 9.84 Å². The first-order valence-corrected chi connectivity index (χ1v) is 8.55. The Morgan fingerprint density at radius 2 is 2.00 bits per heavy atom. The van der Waals surface area contributed by atoms with Gasteiger partial charge in [0.1, 0.15) is 0 Å². The van der Waals surface area contributed by atoms with Gasteiger partial charge in [-0.25, -0.2) is 8.42 Å². The Morgan fingerprint density at radius 3 is 2.59 bits per heavy atom. The Bertz CT molecular complexity index is 484. The number of benzene rings is 1. The van der Waals surface area contributed by atoms with Gasteiger partial charge >= 0.3 is 0 Å². The van der Waals surface area contributed by atoms with E-state index in [0.29, 0.717) is 12.3 Å². The van der Waals surface area contributed by atoms with Gasteiger partial charge in [0.2, 0.25) is 0 Å².